The maximum Gasteiger partial charge on any atom is 0.266 e. The van der Waals surface area contributed by atoms with Crippen molar-refractivity contribution in [1.82, 2.24) is 10.3 Å². The lowest BCUT2D eigenvalue weighted by Crippen LogP contribution is -2.18. The Balaban J connectivity index is 1.71. The predicted octanol–water partition coefficient (Wildman–Crippen LogP) is 4.55. The van der Waals surface area contributed by atoms with E-state index in [1.165, 1.54) is 6.20 Å². The molecular formula is C22H27F2N5O2S2. The van der Waals surface area contributed by atoms with Crippen LogP contribution in [-0.2, 0) is 16.6 Å². The Kier molecular flexibility index (Phi) is 8.59. The molecule has 0 radical (unpaired) electrons. The van der Waals surface area contributed by atoms with Crippen molar-refractivity contribution in [1.29, 1.82) is 0 Å². The van der Waals surface area contributed by atoms with E-state index >= 15 is 0 Å². The Bertz CT molecular complexity index is 1170. The standard InChI is InChI=1S/C22H27F2N5O2S2/c1-3-25-7-4-8-26-19-11-15(2)5-6-16(19)14-28-20-12-18(24)21(13-17(20)23)33(30,31)29-22-27-9-10-32-22/h5-6,9-13,25-26,28H,3-4,7-8,14H2,1-2H3,(H,27,29). The maximum atomic E-state index is 14.7. The molecule has 178 valence electrons. The molecule has 33 heavy (non-hydrogen) atoms. The molecule has 0 aliphatic heterocycles. The largest absolute Gasteiger partial charge is 0.385 e. The molecule has 11 heteroatoms. The third kappa shape index (κ3) is 6.86. The molecule has 2 aromatic carbocycles. The van der Waals surface area contributed by atoms with Crippen LogP contribution >= 0.6 is 11.3 Å². The number of halogens is 2. The first-order valence-electron chi connectivity index (χ1n) is 10.5. The fourth-order valence-electron chi connectivity index (χ4n) is 3.13. The molecule has 7 nitrogen and oxygen atoms in total. The van der Waals surface area contributed by atoms with E-state index in [4.69, 9.17) is 0 Å². The number of sulfonamides is 1. The van der Waals surface area contributed by atoms with Crippen molar-refractivity contribution in [2.75, 3.05) is 35.0 Å². The second kappa shape index (κ2) is 11.4. The lowest BCUT2D eigenvalue weighted by Gasteiger charge is -2.15. The summed E-state index contributed by atoms with van der Waals surface area (Å²) in [4.78, 5) is 3.02. The number of hydrogen-bond acceptors (Lipinski definition) is 7. The van der Waals surface area contributed by atoms with E-state index in [2.05, 4.69) is 32.6 Å². The number of rotatable bonds is 12. The fraction of sp³-hybridized carbons (Fsp3) is 0.318. The summed E-state index contributed by atoms with van der Waals surface area (Å²) in [7, 11) is -4.31. The lowest BCUT2D eigenvalue weighted by molar-refractivity contribution is 0.557. The van der Waals surface area contributed by atoms with Crippen molar-refractivity contribution in [3.05, 3.63) is 64.7 Å². The summed E-state index contributed by atoms with van der Waals surface area (Å²) in [6.07, 6.45) is 2.35. The van der Waals surface area contributed by atoms with Gasteiger partial charge in [-0.2, -0.15) is 0 Å². The normalized spacial score (nSPS) is 11.4. The van der Waals surface area contributed by atoms with Crippen molar-refractivity contribution in [2.24, 2.45) is 0 Å². The van der Waals surface area contributed by atoms with Crippen molar-refractivity contribution < 1.29 is 17.2 Å². The summed E-state index contributed by atoms with van der Waals surface area (Å²) < 4.78 is 56.3. The number of hydrogen-bond donors (Lipinski definition) is 4. The van der Waals surface area contributed by atoms with Crippen molar-refractivity contribution >= 4 is 37.9 Å². The van der Waals surface area contributed by atoms with Gasteiger partial charge in [-0.15, -0.1) is 11.3 Å². The van der Waals surface area contributed by atoms with Crippen LogP contribution in [-0.4, -0.2) is 33.0 Å². The minimum Gasteiger partial charge on any atom is -0.385 e. The maximum absolute atomic E-state index is 14.7. The highest BCUT2D eigenvalue weighted by Crippen LogP contribution is 2.26. The summed E-state index contributed by atoms with van der Waals surface area (Å²) in [5.41, 5.74) is 2.74. The average Bonchev–Trinajstić information content (AvgIpc) is 3.27. The highest BCUT2D eigenvalue weighted by molar-refractivity contribution is 7.93. The molecular weight excluding hydrogens is 468 g/mol. The van der Waals surface area contributed by atoms with Gasteiger partial charge in [-0.25, -0.2) is 22.2 Å². The third-order valence-corrected chi connectivity index (χ3v) is 6.97. The molecule has 0 aliphatic rings. The first-order chi connectivity index (χ1) is 15.8. The van der Waals surface area contributed by atoms with Gasteiger partial charge in [-0.05, 0) is 49.7 Å². The zero-order chi connectivity index (χ0) is 23.8. The molecule has 1 aromatic heterocycles. The van der Waals surface area contributed by atoms with Crippen LogP contribution in [0.5, 0.6) is 0 Å². The molecule has 0 spiro atoms. The van der Waals surface area contributed by atoms with Crippen molar-refractivity contribution in [3.8, 4) is 0 Å². The zero-order valence-electron chi connectivity index (χ0n) is 18.4. The average molecular weight is 496 g/mol. The van der Waals surface area contributed by atoms with E-state index in [0.717, 1.165) is 60.3 Å². The van der Waals surface area contributed by atoms with E-state index in [0.29, 0.717) is 6.07 Å². The molecule has 0 aliphatic carbocycles. The van der Waals surface area contributed by atoms with E-state index in [9.17, 15) is 17.2 Å². The fourth-order valence-corrected chi connectivity index (χ4v) is 4.99. The van der Waals surface area contributed by atoms with Crippen LogP contribution in [0, 0.1) is 18.6 Å². The van der Waals surface area contributed by atoms with E-state index in [-0.39, 0.29) is 17.4 Å². The van der Waals surface area contributed by atoms with Crippen molar-refractivity contribution in [2.45, 2.75) is 31.7 Å². The first-order valence-corrected chi connectivity index (χ1v) is 12.9. The Labute approximate surface area is 196 Å². The minimum absolute atomic E-state index is 0.0712. The molecule has 0 saturated heterocycles. The van der Waals surface area contributed by atoms with Gasteiger partial charge in [0.2, 0.25) is 0 Å². The third-order valence-electron chi connectivity index (χ3n) is 4.80. The van der Waals surface area contributed by atoms with Gasteiger partial charge in [0.25, 0.3) is 10.0 Å². The van der Waals surface area contributed by atoms with Crippen LogP contribution in [0.3, 0.4) is 0 Å². The number of nitrogens with one attached hydrogen (secondary N) is 4. The topological polar surface area (TPSA) is 95.1 Å². The molecule has 3 rings (SSSR count). The van der Waals surface area contributed by atoms with Crippen LogP contribution in [0.4, 0.5) is 25.3 Å². The van der Waals surface area contributed by atoms with Crippen LogP contribution in [0.25, 0.3) is 0 Å². The Hall–Kier alpha value is -2.76. The molecule has 0 saturated carbocycles. The van der Waals surface area contributed by atoms with E-state index in [1.54, 1.807) is 5.38 Å². The van der Waals surface area contributed by atoms with Gasteiger partial charge in [-0.3, -0.25) is 4.72 Å². The summed E-state index contributed by atoms with van der Waals surface area (Å²) in [6.45, 7) is 6.86. The Morgan fingerprint density at radius 3 is 2.58 bits per heavy atom. The van der Waals surface area contributed by atoms with E-state index < -0.39 is 26.6 Å². The molecule has 1 heterocycles. The van der Waals surface area contributed by atoms with Gasteiger partial charge in [0.05, 0.1) is 5.69 Å². The summed E-state index contributed by atoms with van der Waals surface area (Å²) >= 11 is 1.04. The number of nitrogens with zero attached hydrogens (tertiary/aromatic N) is 1. The smallest absolute Gasteiger partial charge is 0.266 e. The SMILES string of the molecule is CCNCCCNc1cc(C)ccc1CNc1cc(F)c(S(=O)(=O)Nc2nccs2)cc1F. The van der Waals surface area contributed by atoms with E-state index in [1.807, 2.05) is 25.1 Å². The summed E-state index contributed by atoms with van der Waals surface area (Å²) in [5.74, 6) is -1.93. The number of thiazole rings is 1. The molecule has 0 amide bonds. The van der Waals surface area contributed by atoms with Crippen LogP contribution in [0.2, 0.25) is 0 Å². The number of aryl methyl sites for hydroxylation is 1. The van der Waals surface area contributed by atoms with Crippen LogP contribution in [0.15, 0.2) is 46.8 Å². The molecule has 3 aromatic rings. The van der Waals surface area contributed by atoms with Crippen LogP contribution < -0.4 is 20.7 Å². The number of anilines is 3. The monoisotopic (exact) mass is 495 g/mol. The quantitative estimate of drug-likeness (QED) is 0.275. The second-order valence-electron chi connectivity index (χ2n) is 7.35. The summed E-state index contributed by atoms with van der Waals surface area (Å²) in [6, 6.07) is 7.38. The number of benzene rings is 2. The van der Waals surface area contributed by atoms with Gasteiger partial charge in [0, 0.05) is 36.4 Å². The molecule has 0 atom stereocenters. The van der Waals surface area contributed by atoms with Gasteiger partial charge in [0.15, 0.2) is 5.13 Å². The van der Waals surface area contributed by atoms with Crippen molar-refractivity contribution in [3.63, 3.8) is 0 Å². The molecule has 4 N–H and O–H groups in total. The highest BCUT2D eigenvalue weighted by Gasteiger charge is 2.23. The van der Waals surface area contributed by atoms with Crippen LogP contribution in [0.1, 0.15) is 24.5 Å². The van der Waals surface area contributed by atoms with Gasteiger partial charge in [-0.1, -0.05) is 19.1 Å². The predicted molar refractivity (Wildman–Crippen MR) is 129 cm³/mol. The first kappa shape index (κ1) is 24.9. The van der Waals surface area contributed by atoms with Gasteiger partial charge in [0.1, 0.15) is 16.5 Å². The Morgan fingerprint density at radius 1 is 1.03 bits per heavy atom. The summed E-state index contributed by atoms with van der Waals surface area (Å²) in [5, 5.41) is 11.2. The second-order valence-corrected chi connectivity index (χ2v) is 9.90. The Morgan fingerprint density at radius 2 is 1.85 bits per heavy atom. The number of aromatic nitrogens is 1. The van der Waals surface area contributed by atoms with Gasteiger partial charge >= 0.3 is 0 Å². The molecule has 0 unspecified atom stereocenters. The van der Waals surface area contributed by atoms with Gasteiger partial charge < -0.3 is 16.0 Å². The molecule has 0 fully saturated rings. The highest BCUT2D eigenvalue weighted by atomic mass is 32.2. The molecule has 0 bridgehead atoms. The zero-order valence-corrected chi connectivity index (χ0v) is 20.0. The minimum atomic E-state index is -4.31. The lowest BCUT2D eigenvalue weighted by atomic mass is 10.1.